The molecule has 1 amide bonds. The van der Waals surface area contributed by atoms with Gasteiger partial charge in [0.05, 0.1) is 0 Å². The lowest BCUT2D eigenvalue weighted by Gasteiger charge is -2.30. The normalized spacial score (nSPS) is 23.8. The molecule has 0 aromatic carbocycles. The Labute approximate surface area is 156 Å². The van der Waals surface area contributed by atoms with Gasteiger partial charge in [0.15, 0.2) is 0 Å². The summed E-state index contributed by atoms with van der Waals surface area (Å²) >= 11 is 0. The van der Waals surface area contributed by atoms with Crippen LogP contribution in [0.5, 0.6) is 0 Å². The van der Waals surface area contributed by atoms with Crippen molar-refractivity contribution in [2.24, 2.45) is 5.92 Å². The predicted octanol–water partition coefficient (Wildman–Crippen LogP) is 2.04. The molecule has 8 heteroatoms. The fraction of sp³-hybridized carbons (Fsp3) is 0.368. The van der Waals surface area contributed by atoms with E-state index in [1.165, 1.54) is 6.33 Å². The molecule has 4 rings (SSSR count). The summed E-state index contributed by atoms with van der Waals surface area (Å²) in [6, 6.07) is 3.23. The first-order chi connectivity index (χ1) is 12.9. The van der Waals surface area contributed by atoms with Crippen molar-refractivity contribution in [2.45, 2.75) is 38.8 Å². The van der Waals surface area contributed by atoms with Crippen LogP contribution in [0.3, 0.4) is 0 Å². The number of nitrogens with zero attached hydrogens (tertiary/aromatic N) is 3. The Balaban J connectivity index is 1.87. The first kappa shape index (κ1) is 17.3. The molecular weight excluding hydrogens is 344 g/mol. The van der Waals surface area contributed by atoms with Crippen LogP contribution >= 0.6 is 0 Å². The van der Waals surface area contributed by atoms with Crippen molar-refractivity contribution in [3.63, 3.8) is 0 Å². The van der Waals surface area contributed by atoms with Crippen LogP contribution in [0.4, 0.5) is 17.3 Å². The van der Waals surface area contributed by atoms with Gasteiger partial charge in [0, 0.05) is 6.07 Å². The number of hydrogen-bond donors (Lipinski definition) is 3. The second kappa shape index (κ2) is 6.22. The van der Waals surface area contributed by atoms with Gasteiger partial charge in [-0.2, -0.15) is 0 Å². The van der Waals surface area contributed by atoms with E-state index in [2.05, 4.69) is 27.5 Å². The molecule has 3 heterocycles. The molecule has 2 aromatic rings. The van der Waals surface area contributed by atoms with Gasteiger partial charge in [0.2, 0.25) is 0 Å². The average molecular weight is 366 g/mol. The minimum atomic E-state index is -0.827. The van der Waals surface area contributed by atoms with Gasteiger partial charge in [-0.1, -0.05) is 13.0 Å². The van der Waals surface area contributed by atoms with Gasteiger partial charge in [0.25, 0.3) is 11.5 Å². The number of rotatable bonds is 2. The maximum Gasteiger partial charge on any atom is 0.277 e. The molecule has 0 radical (unpaired) electrons. The molecule has 0 fully saturated rings. The molecule has 0 saturated carbocycles. The number of aromatic nitrogens is 3. The van der Waals surface area contributed by atoms with E-state index in [1.54, 1.807) is 16.7 Å². The summed E-state index contributed by atoms with van der Waals surface area (Å²) in [6.07, 6.45) is 7.96. The summed E-state index contributed by atoms with van der Waals surface area (Å²) in [5.74, 6) is 0.882. The van der Waals surface area contributed by atoms with E-state index in [-0.39, 0.29) is 11.5 Å². The van der Waals surface area contributed by atoms with E-state index in [1.807, 2.05) is 19.1 Å². The van der Waals surface area contributed by atoms with Crippen LogP contribution in [0.15, 0.2) is 35.4 Å². The molecular formula is C19H22N6O2. The Bertz CT molecular complexity index is 1010. The molecule has 27 heavy (non-hydrogen) atoms. The van der Waals surface area contributed by atoms with Crippen molar-refractivity contribution in [2.75, 3.05) is 11.1 Å². The highest BCUT2D eigenvalue weighted by Crippen LogP contribution is 2.35. The van der Waals surface area contributed by atoms with E-state index in [9.17, 15) is 9.59 Å². The first-order valence-corrected chi connectivity index (χ1v) is 9.01. The van der Waals surface area contributed by atoms with E-state index in [0.29, 0.717) is 35.4 Å². The Morgan fingerprint density at radius 3 is 2.93 bits per heavy atom. The zero-order valence-corrected chi connectivity index (χ0v) is 15.3. The fourth-order valence-corrected chi connectivity index (χ4v) is 4.01. The molecule has 2 atom stereocenters. The number of pyridine rings is 1. The highest BCUT2D eigenvalue weighted by molar-refractivity contribution is 5.97. The molecule has 0 saturated heterocycles. The molecule has 1 spiro atoms. The van der Waals surface area contributed by atoms with Crippen LogP contribution in [0.1, 0.15) is 42.2 Å². The largest absolute Gasteiger partial charge is 0.384 e. The molecule has 2 aliphatic rings. The second-order valence-electron chi connectivity index (χ2n) is 7.35. The van der Waals surface area contributed by atoms with E-state index >= 15 is 0 Å². The van der Waals surface area contributed by atoms with Crippen molar-refractivity contribution in [1.29, 1.82) is 0 Å². The Morgan fingerprint density at radius 1 is 1.33 bits per heavy atom. The lowest BCUT2D eigenvalue weighted by molar-refractivity contribution is 0.0928. The summed E-state index contributed by atoms with van der Waals surface area (Å²) in [5.41, 5.74) is 6.07. The standard InChI is InChI=1S/C19H22N6O2/c1-11-5-3-4-6-19(9-11)24-17(26)16-12(2)7-13(18(27)25(16)19)23-15-8-14(20)21-10-22-15/h4,6-8,10-11H,3,5,9H2,1-2H3,(H,24,26)(H3,20,21,22,23). The molecule has 4 N–H and O–H groups in total. The van der Waals surface area contributed by atoms with Crippen LogP contribution in [-0.2, 0) is 5.66 Å². The highest BCUT2D eigenvalue weighted by Gasteiger charge is 2.44. The lowest BCUT2D eigenvalue weighted by Crippen LogP contribution is -2.46. The third-order valence-electron chi connectivity index (χ3n) is 5.17. The molecule has 2 unspecified atom stereocenters. The fourth-order valence-electron chi connectivity index (χ4n) is 4.01. The molecule has 140 valence electrons. The first-order valence-electron chi connectivity index (χ1n) is 9.01. The van der Waals surface area contributed by atoms with E-state index < -0.39 is 5.66 Å². The number of nitrogen functional groups attached to an aromatic ring is 1. The molecule has 0 bridgehead atoms. The zero-order chi connectivity index (χ0) is 19.2. The minimum absolute atomic E-state index is 0.221. The minimum Gasteiger partial charge on any atom is -0.384 e. The van der Waals surface area contributed by atoms with Crippen LogP contribution in [0, 0.1) is 12.8 Å². The quantitative estimate of drug-likeness (QED) is 0.701. The van der Waals surface area contributed by atoms with Gasteiger partial charge >= 0.3 is 0 Å². The number of aryl methyl sites for hydroxylation is 1. The topological polar surface area (TPSA) is 115 Å². The van der Waals surface area contributed by atoms with Crippen molar-refractivity contribution < 1.29 is 4.79 Å². The molecule has 8 nitrogen and oxygen atoms in total. The van der Waals surface area contributed by atoms with Gasteiger partial charge in [-0.05, 0) is 49.8 Å². The van der Waals surface area contributed by atoms with Crippen molar-refractivity contribution >= 4 is 23.2 Å². The second-order valence-corrected chi connectivity index (χ2v) is 7.35. The third kappa shape index (κ3) is 2.87. The van der Waals surface area contributed by atoms with Crippen molar-refractivity contribution in [1.82, 2.24) is 19.9 Å². The van der Waals surface area contributed by atoms with Gasteiger partial charge < -0.3 is 16.4 Å². The van der Waals surface area contributed by atoms with Crippen LogP contribution < -0.4 is 21.9 Å². The highest BCUT2D eigenvalue weighted by atomic mass is 16.2. The summed E-state index contributed by atoms with van der Waals surface area (Å²) in [4.78, 5) is 34.0. The Morgan fingerprint density at radius 2 is 2.15 bits per heavy atom. The monoisotopic (exact) mass is 366 g/mol. The zero-order valence-electron chi connectivity index (χ0n) is 15.3. The van der Waals surface area contributed by atoms with Crippen LogP contribution in [0.2, 0.25) is 0 Å². The number of nitrogens with one attached hydrogen (secondary N) is 2. The maximum atomic E-state index is 13.3. The van der Waals surface area contributed by atoms with Gasteiger partial charge in [-0.25, -0.2) is 9.97 Å². The number of amides is 1. The number of fused-ring (bicyclic) bond motifs is 2. The number of allylic oxidation sites excluding steroid dienone is 1. The number of hydrogen-bond acceptors (Lipinski definition) is 6. The van der Waals surface area contributed by atoms with Gasteiger partial charge in [-0.15, -0.1) is 0 Å². The van der Waals surface area contributed by atoms with Gasteiger partial charge in [0.1, 0.15) is 35.0 Å². The van der Waals surface area contributed by atoms with Gasteiger partial charge in [-0.3, -0.25) is 14.2 Å². The Hall–Kier alpha value is -3.16. The summed E-state index contributed by atoms with van der Waals surface area (Å²) < 4.78 is 1.59. The summed E-state index contributed by atoms with van der Waals surface area (Å²) in [5, 5.41) is 6.07. The number of anilines is 3. The average Bonchev–Trinajstić information content (AvgIpc) is 2.75. The molecule has 2 aromatic heterocycles. The number of carbonyl (C=O) groups excluding carboxylic acids is 1. The van der Waals surface area contributed by atoms with Crippen molar-refractivity contribution in [3.05, 3.63) is 52.2 Å². The maximum absolute atomic E-state index is 13.3. The smallest absolute Gasteiger partial charge is 0.277 e. The summed E-state index contributed by atoms with van der Waals surface area (Å²) in [7, 11) is 0. The van der Waals surface area contributed by atoms with E-state index in [4.69, 9.17) is 5.73 Å². The number of carbonyl (C=O) groups is 1. The van der Waals surface area contributed by atoms with Crippen LogP contribution in [-0.4, -0.2) is 20.4 Å². The molecule has 1 aliphatic carbocycles. The van der Waals surface area contributed by atoms with Crippen molar-refractivity contribution in [3.8, 4) is 0 Å². The third-order valence-corrected chi connectivity index (χ3v) is 5.17. The SMILES string of the molecule is Cc1cc(Nc2cc(N)ncn2)c(=O)n2c1C(=O)NC21C=CCCC(C)C1. The van der Waals surface area contributed by atoms with E-state index in [0.717, 1.165) is 18.4 Å². The Kier molecular flexibility index (Phi) is 3.98. The van der Waals surface area contributed by atoms with Crippen LogP contribution in [0.25, 0.3) is 0 Å². The lowest BCUT2D eigenvalue weighted by atomic mass is 9.95. The molecule has 1 aliphatic heterocycles. The predicted molar refractivity (Wildman–Crippen MR) is 103 cm³/mol. The number of nitrogens with two attached hydrogens (primary N) is 1. The summed E-state index contributed by atoms with van der Waals surface area (Å²) in [6.45, 7) is 3.97.